The van der Waals surface area contributed by atoms with Gasteiger partial charge in [0.1, 0.15) is 0 Å². The number of likely N-dealkylation sites (tertiary alicyclic amines) is 1. The molecular formula is C20H33N3O2. The molecule has 0 spiro atoms. The molecular weight excluding hydrogens is 314 g/mol. The summed E-state index contributed by atoms with van der Waals surface area (Å²) < 4.78 is 0. The molecule has 0 radical (unpaired) electrons. The summed E-state index contributed by atoms with van der Waals surface area (Å²) in [6.45, 7) is 8.33. The Morgan fingerprint density at radius 1 is 1.20 bits per heavy atom. The molecule has 25 heavy (non-hydrogen) atoms. The molecule has 1 saturated carbocycles. The van der Waals surface area contributed by atoms with Crippen LogP contribution in [0.15, 0.2) is 11.1 Å². The van der Waals surface area contributed by atoms with Gasteiger partial charge in [0, 0.05) is 18.2 Å². The van der Waals surface area contributed by atoms with Gasteiger partial charge in [0.2, 0.25) is 5.91 Å². The fraction of sp³-hybridized carbons (Fsp3) is 0.800. The molecule has 0 aromatic rings. The Morgan fingerprint density at radius 2 is 1.96 bits per heavy atom. The summed E-state index contributed by atoms with van der Waals surface area (Å²) in [5.41, 5.74) is 2.03. The van der Waals surface area contributed by atoms with E-state index >= 15 is 0 Å². The first-order chi connectivity index (χ1) is 12.1. The van der Waals surface area contributed by atoms with Crippen LogP contribution < -0.4 is 5.32 Å². The second-order valence-electron chi connectivity index (χ2n) is 8.00. The first-order valence-corrected chi connectivity index (χ1v) is 10.1. The van der Waals surface area contributed by atoms with Crippen LogP contribution in [0.1, 0.15) is 65.2 Å². The zero-order valence-corrected chi connectivity index (χ0v) is 15.9. The van der Waals surface area contributed by atoms with Gasteiger partial charge in [-0.15, -0.1) is 0 Å². The van der Waals surface area contributed by atoms with E-state index in [1.807, 2.05) is 4.90 Å². The van der Waals surface area contributed by atoms with Crippen molar-refractivity contribution in [1.82, 2.24) is 15.1 Å². The lowest BCUT2D eigenvalue weighted by atomic mass is 9.88. The standard InChI is InChI=1S/C20H33N3O2/c1-15(2)23-18-9-4-3-8-16(18)17(20(23)25)14-19(24)21-10-7-13-22-11-5-6-12-22/h15,18H,3-14H2,1-2H3,(H,21,24). The Hall–Kier alpha value is -1.36. The van der Waals surface area contributed by atoms with Crippen LogP contribution in [0, 0.1) is 0 Å². The fourth-order valence-electron chi connectivity index (χ4n) is 4.63. The molecule has 0 aromatic heterocycles. The third kappa shape index (κ3) is 4.25. The molecule has 2 heterocycles. The third-order valence-corrected chi connectivity index (χ3v) is 5.86. The molecule has 5 nitrogen and oxygen atoms in total. The van der Waals surface area contributed by atoms with Crippen LogP contribution in [0.3, 0.4) is 0 Å². The predicted molar refractivity (Wildman–Crippen MR) is 99.2 cm³/mol. The molecule has 1 saturated heterocycles. The van der Waals surface area contributed by atoms with Crippen LogP contribution in [-0.4, -0.2) is 59.9 Å². The van der Waals surface area contributed by atoms with Crippen molar-refractivity contribution in [2.24, 2.45) is 0 Å². The minimum Gasteiger partial charge on any atom is -0.356 e. The maximum Gasteiger partial charge on any atom is 0.251 e. The van der Waals surface area contributed by atoms with Gasteiger partial charge in [-0.05, 0) is 77.6 Å². The molecule has 0 bridgehead atoms. The minimum absolute atomic E-state index is 0.00667. The SMILES string of the molecule is CC(C)N1C(=O)C(CC(=O)NCCCN2CCCC2)=C2CCCCC21. The van der Waals surface area contributed by atoms with Crippen molar-refractivity contribution in [1.29, 1.82) is 0 Å². The van der Waals surface area contributed by atoms with Gasteiger partial charge in [-0.3, -0.25) is 9.59 Å². The van der Waals surface area contributed by atoms with Crippen LogP contribution in [0.5, 0.6) is 0 Å². The Morgan fingerprint density at radius 3 is 2.68 bits per heavy atom. The Bertz CT molecular complexity index is 535. The zero-order valence-electron chi connectivity index (χ0n) is 15.9. The molecule has 1 N–H and O–H groups in total. The molecule has 0 aromatic carbocycles. The Labute approximate surface area is 151 Å². The van der Waals surface area contributed by atoms with E-state index in [0.29, 0.717) is 6.54 Å². The number of carbonyl (C=O) groups is 2. The summed E-state index contributed by atoms with van der Waals surface area (Å²) in [4.78, 5) is 29.7. The van der Waals surface area contributed by atoms with Crippen LogP contribution >= 0.6 is 0 Å². The van der Waals surface area contributed by atoms with Gasteiger partial charge in [0.25, 0.3) is 5.91 Å². The van der Waals surface area contributed by atoms with E-state index in [-0.39, 0.29) is 30.3 Å². The second kappa shape index (κ2) is 8.35. The molecule has 1 unspecified atom stereocenters. The summed E-state index contributed by atoms with van der Waals surface area (Å²) in [6.07, 6.45) is 8.23. The number of fused-ring (bicyclic) bond motifs is 1. The fourth-order valence-corrected chi connectivity index (χ4v) is 4.63. The van der Waals surface area contributed by atoms with E-state index in [2.05, 4.69) is 24.1 Å². The monoisotopic (exact) mass is 347 g/mol. The second-order valence-corrected chi connectivity index (χ2v) is 8.00. The first-order valence-electron chi connectivity index (χ1n) is 10.1. The van der Waals surface area contributed by atoms with Crippen molar-refractivity contribution in [2.45, 2.75) is 77.3 Å². The Balaban J connectivity index is 1.51. The molecule has 2 amide bonds. The predicted octanol–water partition coefficient (Wildman–Crippen LogP) is 2.47. The van der Waals surface area contributed by atoms with Crippen molar-refractivity contribution >= 4 is 11.8 Å². The zero-order chi connectivity index (χ0) is 17.8. The summed E-state index contributed by atoms with van der Waals surface area (Å²) in [5, 5.41) is 3.02. The summed E-state index contributed by atoms with van der Waals surface area (Å²) in [7, 11) is 0. The van der Waals surface area contributed by atoms with Crippen molar-refractivity contribution in [3.63, 3.8) is 0 Å². The molecule has 2 aliphatic heterocycles. The number of rotatable bonds is 7. The lowest BCUT2D eigenvalue weighted by Gasteiger charge is -2.33. The minimum atomic E-state index is 0.00667. The summed E-state index contributed by atoms with van der Waals surface area (Å²) in [6, 6.07) is 0.450. The number of carbonyl (C=O) groups excluding carboxylic acids is 2. The quantitative estimate of drug-likeness (QED) is 0.720. The normalized spacial score (nSPS) is 24.4. The van der Waals surface area contributed by atoms with E-state index < -0.39 is 0 Å². The summed E-state index contributed by atoms with van der Waals surface area (Å²) in [5.74, 6) is 0.108. The highest BCUT2D eigenvalue weighted by atomic mass is 16.2. The largest absolute Gasteiger partial charge is 0.356 e. The highest BCUT2D eigenvalue weighted by molar-refractivity contribution is 6.02. The molecule has 140 valence electrons. The number of nitrogens with one attached hydrogen (secondary N) is 1. The molecule has 1 aliphatic carbocycles. The van der Waals surface area contributed by atoms with E-state index in [1.165, 1.54) is 37.9 Å². The van der Waals surface area contributed by atoms with Crippen molar-refractivity contribution in [2.75, 3.05) is 26.2 Å². The molecule has 3 aliphatic rings. The lowest BCUT2D eigenvalue weighted by molar-refractivity contribution is -0.130. The van der Waals surface area contributed by atoms with E-state index in [0.717, 1.165) is 37.8 Å². The number of nitrogens with zero attached hydrogens (tertiary/aromatic N) is 2. The summed E-state index contributed by atoms with van der Waals surface area (Å²) >= 11 is 0. The van der Waals surface area contributed by atoms with Crippen LogP contribution in [0.4, 0.5) is 0 Å². The highest BCUT2D eigenvalue weighted by Gasteiger charge is 2.41. The average molecular weight is 348 g/mol. The lowest BCUT2D eigenvalue weighted by Crippen LogP contribution is -2.41. The van der Waals surface area contributed by atoms with Gasteiger partial charge in [-0.1, -0.05) is 6.42 Å². The van der Waals surface area contributed by atoms with Crippen molar-refractivity contribution in [3.8, 4) is 0 Å². The van der Waals surface area contributed by atoms with E-state index in [9.17, 15) is 9.59 Å². The van der Waals surface area contributed by atoms with Gasteiger partial charge in [0.05, 0.1) is 12.5 Å². The topological polar surface area (TPSA) is 52.7 Å². The Kier molecular flexibility index (Phi) is 6.15. The number of amides is 2. The molecule has 3 rings (SSSR count). The van der Waals surface area contributed by atoms with Crippen LogP contribution in [0.25, 0.3) is 0 Å². The maximum atomic E-state index is 12.8. The molecule has 1 atom stereocenters. The van der Waals surface area contributed by atoms with E-state index in [4.69, 9.17) is 0 Å². The number of hydrogen-bond donors (Lipinski definition) is 1. The van der Waals surface area contributed by atoms with Gasteiger partial charge in [-0.25, -0.2) is 0 Å². The smallest absolute Gasteiger partial charge is 0.251 e. The van der Waals surface area contributed by atoms with Gasteiger partial charge in [0.15, 0.2) is 0 Å². The van der Waals surface area contributed by atoms with Crippen molar-refractivity contribution < 1.29 is 9.59 Å². The van der Waals surface area contributed by atoms with Gasteiger partial charge >= 0.3 is 0 Å². The molecule has 2 fully saturated rings. The van der Waals surface area contributed by atoms with Crippen molar-refractivity contribution in [3.05, 3.63) is 11.1 Å². The van der Waals surface area contributed by atoms with E-state index in [1.54, 1.807) is 0 Å². The first kappa shape index (κ1) is 18.4. The molecule has 5 heteroatoms. The number of hydrogen-bond acceptors (Lipinski definition) is 3. The third-order valence-electron chi connectivity index (χ3n) is 5.86. The van der Waals surface area contributed by atoms with Crippen LogP contribution in [0.2, 0.25) is 0 Å². The van der Waals surface area contributed by atoms with Crippen LogP contribution in [-0.2, 0) is 9.59 Å². The average Bonchev–Trinajstić information content (AvgIpc) is 3.19. The highest BCUT2D eigenvalue weighted by Crippen LogP contribution is 2.38. The maximum absolute atomic E-state index is 12.8. The van der Waals surface area contributed by atoms with Gasteiger partial charge < -0.3 is 15.1 Å². The van der Waals surface area contributed by atoms with Gasteiger partial charge in [-0.2, -0.15) is 0 Å².